The van der Waals surface area contributed by atoms with Crippen LogP contribution in [0.4, 0.5) is 14.5 Å². The van der Waals surface area contributed by atoms with Crippen molar-refractivity contribution in [3.63, 3.8) is 0 Å². The van der Waals surface area contributed by atoms with Gasteiger partial charge in [0.2, 0.25) is 0 Å². The molecule has 0 bridgehead atoms. The summed E-state index contributed by atoms with van der Waals surface area (Å²) in [5.74, 6) is -3.48. The van der Waals surface area contributed by atoms with E-state index in [4.69, 9.17) is 4.74 Å². The highest BCUT2D eigenvalue weighted by atomic mass is 19.1. The summed E-state index contributed by atoms with van der Waals surface area (Å²) < 4.78 is 32.3. The standard InChI is InChI=1S/C20H20F2N2O3/c21-15-6-7-16(22)17(12-15)24-19(26)18(25)23-13-20(8-10-27-11-9-20)14-4-2-1-3-5-14/h1-7,12H,8-11,13H2,(H,23,25)(H,24,26). The Morgan fingerprint density at radius 2 is 1.70 bits per heavy atom. The highest BCUT2D eigenvalue weighted by molar-refractivity contribution is 6.39. The fraction of sp³-hybridized carbons (Fsp3) is 0.300. The number of anilines is 1. The summed E-state index contributed by atoms with van der Waals surface area (Å²) in [6, 6.07) is 12.4. The smallest absolute Gasteiger partial charge is 0.313 e. The fourth-order valence-electron chi connectivity index (χ4n) is 3.22. The molecule has 2 N–H and O–H groups in total. The van der Waals surface area contributed by atoms with Crippen LogP contribution in [-0.4, -0.2) is 31.6 Å². The van der Waals surface area contributed by atoms with Gasteiger partial charge in [-0.05, 0) is 30.5 Å². The second kappa shape index (κ2) is 8.26. The van der Waals surface area contributed by atoms with Gasteiger partial charge in [0.1, 0.15) is 11.6 Å². The van der Waals surface area contributed by atoms with Crippen molar-refractivity contribution in [3.05, 3.63) is 65.7 Å². The number of hydrogen-bond donors (Lipinski definition) is 2. The lowest BCUT2D eigenvalue weighted by Gasteiger charge is -2.37. The molecule has 0 radical (unpaired) electrons. The molecule has 0 unspecified atom stereocenters. The predicted octanol–water partition coefficient (Wildman–Crippen LogP) is 2.77. The van der Waals surface area contributed by atoms with Gasteiger partial charge in [0.15, 0.2) is 0 Å². The molecule has 5 nitrogen and oxygen atoms in total. The molecule has 27 heavy (non-hydrogen) atoms. The van der Waals surface area contributed by atoms with E-state index in [0.717, 1.165) is 23.8 Å². The number of amides is 2. The molecule has 1 fully saturated rings. The van der Waals surface area contributed by atoms with Crippen molar-refractivity contribution in [3.8, 4) is 0 Å². The molecule has 1 heterocycles. The van der Waals surface area contributed by atoms with Crippen LogP contribution >= 0.6 is 0 Å². The minimum atomic E-state index is -1.05. The van der Waals surface area contributed by atoms with Crippen LogP contribution in [-0.2, 0) is 19.7 Å². The molecule has 142 valence electrons. The van der Waals surface area contributed by atoms with Crippen LogP contribution in [0.1, 0.15) is 18.4 Å². The topological polar surface area (TPSA) is 67.4 Å². The van der Waals surface area contributed by atoms with Crippen LogP contribution in [0, 0.1) is 11.6 Å². The van der Waals surface area contributed by atoms with Gasteiger partial charge in [0, 0.05) is 31.2 Å². The van der Waals surface area contributed by atoms with Crippen LogP contribution in [0.2, 0.25) is 0 Å². The maximum Gasteiger partial charge on any atom is 0.313 e. The average Bonchev–Trinajstić information content (AvgIpc) is 2.70. The van der Waals surface area contributed by atoms with Gasteiger partial charge in [-0.15, -0.1) is 0 Å². The molecular weight excluding hydrogens is 354 g/mol. The first-order chi connectivity index (χ1) is 13.0. The molecule has 2 aromatic rings. The molecule has 1 saturated heterocycles. The normalized spacial score (nSPS) is 15.8. The van der Waals surface area contributed by atoms with E-state index in [2.05, 4.69) is 10.6 Å². The van der Waals surface area contributed by atoms with E-state index >= 15 is 0 Å². The first-order valence-electron chi connectivity index (χ1n) is 8.68. The molecule has 0 saturated carbocycles. The van der Waals surface area contributed by atoms with Crippen molar-refractivity contribution in [1.29, 1.82) is 0 Å². The quantitative estimate of drug-likeness (QED) is 0.809. The van der Waals surface area contributed by atoms with Crippen molar-refractivity contribution < 1.29 is 23.1 Å². The van der Waals surface area contributed by atoms with Gasteiger partial charge in [-0.2, -0.15) is 0 Å². The van der Waals surface area contributed by atoms with Gasteiger partial charge in [-0.3, -0.25) is 9.59 Å². The number of nitrogens with one attached hydrogen (secondary N) is 2. The van der Waals surface area contributed by atoms with Crippen LogP contribution in [0.5, 0.6) is 0 Å². The Balaban J connectivity index is 1.67. The second-order valence-electron chi connectivity index (χ2n) is 6.52. The van der Waals surface area contributed by atoms with E-state index < -0.39 is 23.4 Å². The van der Waals surface area contributed by atoms with Gasteiger partial charge in [0.05, 0.1) is 5.69 Å². The first-order valence-corrected chi connectivity index (χ1v) is 8.68. The molecular formula is C20H20F2N2O3. The third-order valence-corrected chi connectivity index (χ3v) is 4.81. The van der Waals surface area contributed by atoms with Crippen LogP contribution in [0.15, 0.2) is 48.5 Å². The highest BCUT2D eigenvalue weighted by Gasteiger charge is 2.35. The Morgan fingerprint density at radius 1 is 1.00 bits per heavy atom. The van der Waals surface area contributed by atoms with E-state index in [-0.39, 0.29) is 17.6 Å². The fourth-order valence-corrected chi connectivity index (χ4v) is 3.22. The predicted molar refractivity (Wildman–Crippen MR) is 96.2 cm³/mol. The first kappa shape index (κ1) is 19.0. The Labute approximate surface area is 155 Å². The molecule has 2 amide bonds. The molecule has 2 aromatic carbocycles. The lowest BCUT2D eigenvalue weighted by molar-refractivity contribution is -0.136. The van der Waals surface area contributed by atoms with Crippen molar-refractivity contribution >= 4 is 17.5 Å². The largest absolute Gasteiger partial charge is 0.381 e. The van der Waals surface area contributed by atoms with Crippen LogP contribution in [0.25, 0.3) is 0 Å². The zero-order chi connectivity index (χ0) is 19.3. The number of ether oxygens (including phenoxy) is 1. The molecule has 0 aromatic heterocycles. The minimum absolute atomic E-state index is 0.248. The summed E-state index contributed by atoms with van der Waals surface area (Å²) in [7, 11) is 0. The van der Waals surface area contributed by atoms with Gasteiger partial charge in [-0.25, -0.2) is 8.78 Å². The van der Waals surface area contributed by atoms with Crippen molar-refractivity contribution in [2.45, 2.75) is 18.3 Å². The van der Waals surface area contributed by atoms with Crippen LogP contribution in [0.3, 0.4) is 0 Å². The van der Waals surface area contributed by atoms with E-state index in [9.17, 15) is 18.4 Å². The number of carbonyl (C=O) groups is 2. The maximum atomic E-state index is 13.6. The second-order valence-corrected chi connectivity index (χ2v) is 6.52. The van der Waals surface area contributed by atoms with Crippen molar-refractivity contribution in [1.82, 2.24) is 5.32 Å². The molecule has 7 heteroatoms. The number of carbonyl (C=O) groups excluding carboxylic acids is 2. The third-order valence-electron chi connectivity index (χ3n) is 4.81. The van der Waals surface area contributed by atoms with Gasteiger partial charge >= 0.3 is 11.8 Å². The monoisotopic (exact) mass is 374 g/mol. The summed E-state index contributed by atoms with van der Waals surface area (Å²) in [5, 5.41) is 4.72. The van der Waals surface area contributed by atoms with Crippen molar-refractivity contribution in [2.24, 2.45) is 0 Å². The SMILES string of the molecule is O=C(NCC1(c2ccccc2)CCOCC1)C(=O)Nc1cc(F)ccc1F. The highest BCUT2D eigenvalue weighted by Crippen LogP contribution is 2.34. The molecule has 3 rings (SSSR count). The summed E-state index contributed by atoms with van der Waals surface area (Å²) >= 11 is 0. The Bertz CT molecular complexity index is 821. The van der Waals surface area contributed by atoms with Gasteiger partial charge in [-0.1, -0.05) is 30.3 Å². The Hall–Kier alpha value is -2.80. The average molecular weight is 374 g/mol. The van der Waals surface area contributed by atoms with Crippen molar-refractivity contribution in [2.75, 3.05) is 25.1 Å². The molecule has 0 aliphatic carbocycles. The molecule has 0 spiro atoms. The van der Waals surface area contributed by atoms with Crippen LogP contribution < -0.4 is 10.6 Å². The van der Waals surface area contributed by atoms with E-state index in [1.165, 1.54) is 0 Å². The summed E-state index contributed by atoms with van der Waals surface area (Å²) in [4.78, 5) is 24.2. The number of benzene rings is 2. The Kier molecular flexibility index (Phi) is 5.81. The zero-order valence-electron chi connectivity index (χ0n) is 14.6. The van der Waals surface area contributed by atoms with E-state index in [1.54, 1.807) is 0 Å². The lowest BCUT2D eigenvalue weighted by atomic mass is 9.74. The van der Waals surface area contributed by atoms with Gasteiger partial charge < -0.3 is 15.4 Å². The molecule has 1 aliphatic heterocycles. The number of halogens is 2. The Morgan fingerprint density at radius 3 is 2.41 bits per heavy atom. The third kappa shape index (κ3) is 4.49. The summed E-state index contributed by atoms with van der Waals surface area (Å²) in [6.45, 7) is 1.37. The maximum absolute atomic E-state index is 13.6. The number of rotatable bonds is 4. The lowest BCUT2D eigenvalue weighted by Crippen LogP contribution is -2.47. The van der Waals surface area contributed by atoms with E-state index in [0.29, 0.717) is 26.1 Å². The van der Waals surface area contributed by atoms with E-state index in [1.807, 2.05) is 30.3 Å². The minimum Gasteiger partial charge on any atom is -0.381 e. The van der Waals surface area contributed by atoms with Gasteiger partial charge in [0.25, 0.3) is 0 Å². The molecule has 1 aliphatic rings. The zero-order valence-corrected chi connectivity index (χ0v) is 14.6. The summed E-state index contributed by atoms with van der Waals surface area (Å²) in [6.07, 6.45) is 1.41. The summed E-state index contributed by atoms with van der Waals surface area (Å²) in [5.41, 5.74) is 0.351. The number of hydrogen-bond acceptors (Lipinski definition) is 3. The molecule has 0 atom stereocenters.